The van der Waals surface area contributed by atoms with Crippen LogP contribution in [0.15, 0.2) is 36.7 Å². The minimum atomic E-state index is 1.09. The molecule has 0 bridgehead atoms. The summed E-state index contributed by atoms with van der Waals surface area (Å²) in [6.07, 6.45) is 7.42. The van der Waals surface area contributed by atoms with Gasteiger partial charge in [-0.25, -0.2) is 0 Å². The van der Waals surface area contributed by atoms with Gasteiger partial charge in [-0.1, -0.05) is 31.2 Å². The molecule has 0 aliphatic carbocycles. The molecule has 0 unspecified atom stereocenters. The van der Waals surface area contributed by atoms with Crippen molar-refractivity contribution in [3.05, 3.63) is 42.2 Å². The Morgan fingerprint density at radius 3 is 2.88 bits per heavy atom. The Morgan fingerprint density at radius 2 is 2.00 bits per heavy atom. The molecule has 1 aromatic heterocycles. The fourth-order valence-electron chi connectivity index (χ4n) is 2.08. The minimum absolute atomic E-state index is 1.09. The summed E-state index contributed by atoms with van der Waals surface area (Å²) in [5, 5.41) is 6.02. The molecule has 2 nitrogen and oxygen atoms in total. The summed E-state index contributed by atoms with van der Waals surface area (Å²) >= 11 is 0. The molecule has 2 heteroatoms. The Kier molecular flexibility index (Phi) is 4.51. The highest BCUT2D eigenvalue weighted by Crippen LogP contribution is 2.17. The van der Waals surface area contributed by atoms with E-state index in [1.54, 1.807) is 0 Å². The number of benzene rings is 1. The van der Waals surface area contributed by atoms with Crippen LogP contribution in [-0.4, -0.2) is 18.1 Å². The fraction of sp³-hybridized carbons (Fsp3) is 0.400. The van der Waals surface area contributed by atoms with Crippen molar-refractivity contribution in [2.45, 2.75) is 26.2 Å². The third-order valence-electron chi connectivity index (χ3n) is 2.98. The second-order valence-corrected chi connectivity index (χ2v) is 4.37. The average molecular weight is 228 g/mol. The van der Waals surface area contributed by atoms with E-state index in [4.69, 9.17) is 0 Å². The molecule has 1 N–H and O–H groups in total. The Balaban J connectivity index is 1.98. The molecule has 0 amide bonds. The van der Waals surface area contributed by atoms with E-state index in [9.17, 15) is 0 Å². The van der Waals surface area contributed by atoms with Crippen molar-refractivity contribution < 1.29 is 0 Å². The molecule has 2 rings (SSSR count). The first kappa shape index (κ1) is 12.1. The lowest BCUT2D eigenvalue weighted by atomic mass is 10.0. The monoisotopic (exact) mass is 228 g/mol. The van der Waals surface area contributed by atoms with E-state index in [0.717, 1.165) is 19.5 Å². The Morgan fingerprint density at radius 1 is 1.12 bits per heavy atom. The Labute approximate surface area is 103 Å². The van der Waals surface area contributed by atoms with Crippen molar-refractivity contribution in [2.24, 2.45) is 0 Å². The van der Waals surface area contributed by atoms with Gasteiger partial charge in [0.1, 0.15) is 0 Å². The van der Waals surface area contributed by atoms with Gasteiger partial charge in [0.05, 0.1) is 0 Å². The molecular formula is C15H20N2. The SMILES string of the molecule is CCCNCCCc1cncc2ccccc12. The highest BCUT2D eigenvalue weighted by Gasteiger charge is 2.00. The second kappa shape index (κ2) is 6.36. The van der Waals surface area contributed by atoms with Gasteiger partial charge >= 0.3 is 0 Å². The van der Waals surface area contributed by atoms with E-state index in [1.165, 1.54) is 29.2 Å². The number of hydrogen-bond acceptors (Lipinski definition) is 2. The molecule has 2 aromatic rings. The zero-order valence-electron chi connectivity index (χ0n) is 10.4. The van der Waals surface area contributed by atoms with Crippen LogP contribution in [0.25, 0.3) is 10.8 Å². The maximum atomic E-state index is 4.31. The molecule has 1 heterocycles. The summed E-state index contributed by atoms with van der Waals surface area (Å²) in [6, 6.07) is 8.48. The van der Waals surface area contributed by atoms with E-state index in [-0.39, 0.29) is 0 Å². The van der Waals surface area contributed by atoms with Crippen LogP contribution in [0.5, 0.6) is 0 Å². The zero-order chi connectivity index (χ0) is 11.9. The van der Waals surface area contributed by atoms with Crippen LogP contribution < -0.4 is 5.32 Å². The van der Waals surface area contributed by atoms with Crippen molar-refractivity contribution in [1.29, 1.82) is 0 Å². The molecule has 0 radical (unpaired) electrons. The topological polar surface area (TPSA) is 24.9 Å². The standard InChI is InChI=1S/C15H20N2/c1-2-9-16-10-5-7-14-12-17-11-13-6-3-4-8-15(13)14/h3-4,6,8,11-12,16H,2,5,7,9-10H2,1H3. The van der Waals surface area contributed by atoms with Crippen molar-refractivity contribution >= 4 is 10.8 Å². The molecule has 0 aliphatic heterocycles. The lowest BCUT2D eigenvalue weighted by molar-refractivity contribution is 0.640. The second-order valence-electron chi connectivity index (χ2n) is 4.37. The minimum Gasteiger partial charge on any atom is -0.317 e. The van der Waals surface area contributed by atoms with Crippen LogP contribution in [0.4, 0.5) is 0 Å². The molecule has 0 spiro atoms. The number of aromatic nitrogens is 1. The first-order chi connectivity index (χ1) is 8.42. The van der Waals surface area contributed by atoms with Crippen molar-refractivity contribution in [1.82, 2.24) is 10.3 Å². The van der Waals surface area contributed by atoms with Gasteiger partial charge in [-0.05, 0) is 43.3 Å². The number of hydrogen-bond donors (Lipinski definition) is 1. The third-order valence-corrected chi connectivity index (χ3v) is 2.98. The smallest absolute Gasteiger partial charge is 0.0346 e. The number of pyridine rings is 1. The Hall–Kier alpha value is -1.41. The van der Waals surface area contributed by atoms with Crippen molar-refractivity contribution in [3.63, 3.8) is 0 Å². The van der Waals surface area contributed by atoms with Gasteiger partial charge < -0.3 is 5.32 Å². The van der Waals surface area contributed by atoms with E-state index in [0.29, 0.717) is 0 Å². The largest absolute Gasteiger partial charge is 0.317 e. The lowest BCUT2D eigenvalue weighted by Crippen LogP contribution is -2.16. The summed E-state index contributed by atoms with van der Waals surface area (Å²) in [5.74, 6) is 0. The van der Waals surface area contributed by atoms with Crippen molar-refractivity contribution in [3.8, 4) is 0 Å². The molecule has 0 saturated carbocycles. The first-order valence-electron chi connectivity index (χ1n) is 6.44. The summed E-state index contributed by atoms with van der Waals surface area (Å²) < 4.78 is 0. The van der Waals surface area contributed by atoms with Crippen LogP contribution in [0.3, 0.4) is 0 Å². The van der Waals surface area contributed by atoms with Gasteiger partial charge in [-0.15, -0.1) is 0 Å². The Bertz CT molecular complexity index is 460. The highest BCUT2D eigenvalue weighted by molar-refractivity contribution is 5.84. The van der Waals surface area contributed by atoms with Gasteiger partial charge in [-0.2, -0.15) is 0 Å². The highest BCUT2D eigenvalue weighted by atomic mass is 14.8. The fourth-order valence-corrected chi connectivity index (χ4v) is 2.08. The van der Waals surface area contributed by atoms with E-state index >= 15 is 0 Å². The molecule has 1 aromatic carbocycles. The van der Waals surface area contributed by atoms with Gasteiger partial charge in [0.25, 0.3) is 0 Å². The number of nitrogens with one attached hydrogen (secondary N) is 1. The molecule has 0 atom stereocenters. The number of nitrogens with zero attached hydrogens (tertiary/aromatic N) is 1. The van der Waals surface area contributed by atoms with Crippen molar-refractivity contribution in [2.75, 3.05) is 13.1 Å². The zero-order valence-corrected chi connectivity index (χ0v) is 10.4. The third kappa shape index (κ3) is 3.27. The van der Waals surface area contributed by atoms with Gasteiger partial charge in [-0.3, -0.25) is 4.98 Å². The van der Waals surface area contributed by atoms with Crippen LogP contribution in [-0.2, 0) is 6.42 Å². The van der Waals surface area contributed by atoms with E-state index in [2.05, 4.69) is 41.5 Å². The van der Waals surface area contributed by atoms with Gasteiger partial charge in [0, 0.05) is 17.8 Å². The lowest BCUT2D eigenvalue weighted by Gasteiger charge is -2.06. The summed E-state index contributed by atoms with van der Waals surface area (Å²) in [7, 11) is 0. The quantitative estimate of drug-likeness (QED) is 0.768. The molecule has 0 saturated heterocycles. The number of fused-ring (bicyclic) bond motifs is 1. The first-order valence-corrected chi connectivity index (χ1v) is 6.44. The number of rotatable bonds is 6. The summed E-state index contributed by atoms with van der Waals surface area (Å²) in [4.78, 5) is 4.31. The van der Waals surface area contributed by atoms with Crippen LogP contribution in [0, 0.1) is 0 Å². The van der Waals surface area contributed by atoms with Crippen LogP contribution >= 0.6 is 0 Å². The maximum Gasteiger partial charge on any atom is 0.0346 e. The molecule has 17 heavy (non-hydrogen) atoms. The molecular weight excluding hydrogens is 208 g/mol. The average Bonchev–Trinajstić information content (AvgIpc) is 2.39. The predicted molar refractivity (Wildman–Crippen MR) is 73.2 cm³/mol. The normalized spacial score (nSPS) is 10.9. The maximum absolute atomic E-state index is 4.31. The van der Waals surface area contributed by atoms with Crippen LogP contribution in [0.2, 0.25) is 0 Å². The molecule has 0 fully saturated rings. The van der Waals surface area contributed by atoms with Crippen LogP contribution in [0.1, 0.15) is 25.3 Å². The van der Waals surface area contributed by atoms with Gasteiger partial charge in [0.2, 0.25) is 0 Å². The van der Waals surface area contributed by atoms with E-state index in [1.807, 2.05) is 12.4 Å². The van der Waals surface area contributed by atoms with E-state index < -0.39 is 0 Å². The van der Waals surface area contributed by atoms with Gasteiger partial charge in [0.15, 0.2) is 0 Å². The summed E-state index contributed by atoms with van der Waals surface area (Å²) in [6.45, 7) is 4.41. The summed E-state index contributed by atoms with van der Waals surface area (Å²) in [5.41, 5.74) is 1.36. The number of aryl methyl sites for hydroxylation is 1. The molecule has 90 valence electrons. The molecule has 0 aliphatic rings. The predicted octanol–water partition coefficient (Wildman–Crippen LogP) is 3.17.